The van der Waals surface area contributed by atoms with Crippen LogP contribution in [0.2, 0.25) is 0 Å². The van der Waals surface area contributed by atoms with Crippen LogP contribution in [0.1, 0.15) is 43.0 Å². The van der Waals surface area contributed by atoms with Crippen molar-refractivity contribution < 1.29 is 37.8 Å². The summed E-state index contributed by atoms with van der Waals surface area (Å²) < 4.78 is 39.9. The van der Waals surface area contributed by atoms with Gasteiger partial charge < -0.3 is 14.9 Å². The Morgan fingerprint density at radius 2 is 1.10 bits per heavy atom. The summed E-state index contributed by atoms with van der Waals surface area (Å²) in [6, 6.07) is 28.4. The fraction of sp³-hybridized carbons (Fsp3) is 0.133. The largest absolute Gasteiger partial charge is 0.478 e. The zero-order valence-corrected chi connectivity index (χ0v) is 21.5. The van der Waals surface area contributed by atoms with Crippen LogP contribution < -0.4 is 0 Å². The Balaban J connectivity index is 1.85. The molecule has 0 radical (unpaired) electrons. The molecular weight excluding hydrogens is 525 g/mol. The summed E-state index contributed by atoms with van der Waals surface area (Å²) >= 11 is 0. The summed E-state index contributed by atoms with van der Waals surface area (Å²) in [6.45, 7) is 0. The van der Waals surface area contributed by atoms with Crippen molar-refractivity contribution in [1.82, 2.24) is 0 Å². The van der Waals surface area contributed by atoms with Gasteiger partial charge >= 0.3 is 19.2 Å². The highest BCUT2D eigenvalue weighted by molar-refractivity contribution is 7.52. The topological polar surface area (TPSA) is 112 Å². The van der Waals surface area contributed by atoms with E-state index in [-0.39, 0.29) is 24.2 Å². The molecule has 1 atom stereocenters. The lowest BCUT2D eigenvalue weighted by Gasteiger charge is -2.34. The third kappa shape index (κ3) is 5.88. The minimum atomic E-state index is -5.74. The van der Waals surface area contributed by atoms with Crippen LogP contribution in [0.4, 0.5) is 8.78 Å². The molecule has 3 N–H and O–H groups in total. The lowest BCUT2D eigenvalue weighted by molar-refractivity contribution is 0.0564. The van der Waals surface area contributed by atoms with Crippen molar-refractivity contribution in [3.05, 3.63) is 143 Å². The zero-order valence-electron chi connectivity index (χ0n) is 20.6. The molecule has 0 amide bonds. The van der Waals surface area contributed by atoms with Gasteiger partial charge in [-0.15, -0.1) is 0 Å². The lowest BCUT2D eigenvalue weighted by atomic mass is 9.67. The molecule has 0 heterocycles. The second-order valence-corrected chi connectivity index (χ2v) is 10.9. The van der Waals surface area contributed by atoms with Crippen LogP contribution in [-0.4, -0.2) is 26.6 Å². The predicted molar refractivity (Wildman–Crippen MR) is 142 cm³/mol. The number of benzene rings is 4. The number of hydrogen-bond acceptors (Lipinski definition) is 3. The van der Waals surface area contributed by atoms with E-state index in [1.54, 1.807) is 54.6 Å². The first-order valence-electron chi connectivity index (χ1n) is 11.9. The number of alkyl halides is 2. The minimum Gasteiger partial charge on any atom is -0.478 e. The fourth-order valence-corrected chi connectivity index (χ4v) is 5.12. The first-order chi connectivity index (χ1) is 18.4. The molecule has 0 spiro atoms. The van der Waals surface area contributed by atoms with E-state index in [9.17, 15) is 28.0 Å². The van der Waals surface area contributed by atoms with E-state index in [2.05, 4.69) is 0 Å². The van der Waals surface area contributed by atoms with Crippen molar-refractivity contribution in [3.8, 4) is 0 Å². The van der Waals surface area contributed by atoms with E-state index in [0.717, 1.165) is 12.1 Å². The fourth-order valence-electron chi connectivity index (χ4n) is 4.63. The summed E-state index contributed by atoms with van der Waals surface area (Å²) in [4.78, 5) is 43.8. The summed E-state index contributed by atoms with van der Waals surface area (Å²) in [5.74, 6) is -1.30. The van der Waals surface area contributed by atoms with Gasteiger partial charge in [-0.3, -0.25) is 9.36 Å². The highest BCUT2D eigenvalue weighted by Crippen LogP contribution is 2.59. The SMILES string of the molecule is O=C(O)c1ccc(CC(Cc2ccc(C(F)(F)P(=O)(O)O)cc2)(C(=O)c2ccccc2)c2ccccc2)cc1. The Hall–Kier alpha value is -3.97. The minimum absolute atomic E-state index is 0.0766. The molecule has 1 unspecified atom stereocenters. The number of carboxylic acid groups (broad SMARTS) is 1. The molecular formula is C30H25F2O6P. The molecule has 4 rings (SSSR count). The van der Waals surface area contributed by atoms with E-state index >= 15 is 0 Å². The quantitative estimate of drug-likeness (QED) is 0.160. The second-order valence-electron chi connectivity index (χ2n) is 9.28. The Bertz CT molecular complexity index is 1500. The van der Waals surface area contributed by atoms with Crippen LogP contribution in [0.3, 0.4) is 0 Å². The number of hydrogen-bond donors (Lipinski definition) is 3. The first kappa shape index (κ1) is 28.0. The van der Waals surface area contributed by atoms with Gasteiger partial charge in [0.1, 0.15) is 0 Å². The van der Waals surface area contributed by atoms with Gasteiger partial charge in [-0.1, -0.05) is 97.1 Å². The predicted octanol–water partition coefficient (Wildman–Crippen LogP) is 6.22. The molecule has 0 aromatic heterocycles. The smallest absolute Gasteiger partial charge is 0.399 e. The van der Waals surface area contributed by atoms with Crippen molar-refractivity contribution in [3.63, 3.8) is 0 Å². The maximum absolute atomic E-state index is 14.3. The third-order valence-electron chi connectivity index (χ3n) is 6.68. The molecule has 0 aliphatic rings. The van der Waals surface area contributed by atoms with Crippen LogP contribution in [-0.2, 0) is 28.5 Å². The van der Waals surface area contributed by atoms with Crippen LogP contribution in [0, 0.1) is 0 Å². The Morgan fingerprint density at radius 3 is 1.56 bits per heavy atom. The zero-order chi connectivity index (χ0) is 28.3. The number of carbonyl (C=O) groups excluding carboxylic acids is 1. The van der Waals surface area contributed by atoms with Gasteiger partial charge in [0, 0.05) is 11.1 Å². The number of rotatable bonds is 10. The van der Waals surface area contributed by atoms with E-state index in [0.29, 0.717) is 22.3 Å². The Morgan fingerprint density at radius 1 is 0.641 bits per heavy atom. The molecule has 6 nitrogen and oxygen atoms in total. The van der Waals surface area contributed by atoms with Gasteiger partial charge in [0.25, 0.3) is 0 Å². The third-order valence-corrected chi connectivity index (χ3v) is 7.67. The molecule has 4 aromatic rings. The maximum Gasteiger partial charge on any atom is 0.399 e. The van der Waals surface area contributed by atoms with Crippen LogP contribution in [0.25, 0.3) is 0 Å². The van der Waals surface area contributed by atoms with Crippen molar-refractivity contribution in [2.75, 3.05) is 0 Å². The van der Waals surface area contributed by atoms with Gasteiger partial charge in [0.05, 0.1) is 11.0 Å². The van der Waals surface area contributed by atoms with Gasteiger partial charge in [0.2, 0.25) is 0 Å². The molecule has 200 valence electrons. The van der Waals surface area contributed by atoms with E-state index < -0.39 is 30.2 Å². The molecule has 0 saturated heterocycles. The normalized spacial score (nSPS) is 13.4. The van der Waals surface area contributed by atoms with Crippen molar-refractivity contribution in [2.24, 2.45) is 0 Å². The number of carboxylic acids is 1. The highest BCUT2D eigenvalue weighted by atomic mass is 31.2. The molecule has 0 aliphatic heterocycles. The van der Waals surface area contributed by atoms with Crippen molar-refractivity contribution in [1.29, 1.82) is 0 Å². The molecule has 0 fully saturated rings. The Kier molecular flexibility index (Phi) is 7.93. The second kappa shape index (κ2) is 11.0. The van der Waals surface area contributed by atoms with Crippen LogP contribution in [0.5, 0.6) is 0 Å². The number of ketones is 1. The number of Topliss-reactive ketones (excluding diaryl/α,β-unsaturated/α-hetero) is 1. The van der Waals surface area contributed by atoms with E-state index in [1.807, 2.05) is 18.2 Å². The van der Waals surface area contributed by atoms with Crippen molar-refractivity contribution >= 4 is 19.3 Å². The van der Waals surface area contributed by atoms with Crippen molar-refractivity contribution in [2.45, 2.75) is 23.9 Å². The number of halogens is 2. The summed E-state index contributed by atoms with van der Waals surface area (Å²) in [7, 11) is -5.74. The summed E-state index contributed by atoms with van der Waals surface area (Å²) in [5.41, 5.74) is -4.01. The Labute approximate surface area is 223 Å². The average Bonchev–Trinajstić information content (AvgIpc) is 2.93. The molecule has 9 heteroatoms. The van der Waals surface area contributed by atoms with Gasteiger partial charge in [-0.05, 0) is 41.7 Å². The standard InChI is InChI=1S/C30H25F2O6P/c31-30(32,39(36,37)38)26-17-13-22(14-18-26)20-29(25-9-5-2-6-10-25,27(33)23-7-3-1-4-8-23)19-21-11-15-24(16-12-21)28(34)35/h1-18H,19-20H2,(H,34,35)(H2,36,37,38). The molecule has 39 heavy (non-hydrogen) atoms. The lowest BCUT2D eigenvalue weighted by Crippen LogP contribution is -2.40. The van der Waals surface area contributed by atoms with Gasteiger partial charge in [0.15, 0.2) is 5.78 Å². The summed E-state index contributed by atoms with van der Waals surface area (Å²) in [5, 5.41) is 9.29. The van der Waals surface area contributed by atoms with Crippen LogP contribution in [0.15, 0.2) is 109 Å². The molecule has 4 aromatic carbocycles. The molecule has 0 saturated carbocycles. The van der Waals surface area contributed by atoms with E-state index in [4.69, 9.17) is 9.79 Å². The highest BCUT2D eigenvalue weighted by Gasteiger charge is 2.50. The molecule has 0 bridgehead atoms. The monoisotopic (exact) mass is 550 g/mol. The molecule has 0 aliphatic carbocycles. The number of carbonyl (C=O) groups is 2. The maximum atomic E-state index is 14.3. The van der Waals surface area contributed by atoms with Gasteiger partial charge in [-0.2, -0.15) is 8.78 Å². The number of aromatic carboxylic acids is 1. The average molecular weight is 550 g/mol. The summed E-state index contributed by atoms with van der Waals surface area (Å²) in [6.07, 6.45) is 0.248. The first-order valence-corrected chi connectivity index (χ1v) is 13.6. The van der Waals surface area contributed by atoms with Gasteiger partial charge in [-0.25, -0.2) is 4.79 Å². The van der Waals surface area contributed by atoms with Crippen LogP contribution >= 0.6 is 7.60 Å². The van der Waals surface area contributed by atoms with E-state index in [1.165, 1.54) is 24.3 Å².